The van der Waals surface area contributed by atoms with Gasteiger partial charge in [0, 0.05) is 15.5 Å². The second-order valence-corrected chi connectivity index (χ2v) is 2.26. The largest absolute Gasteiger partial charge is 0.454 e. The van der Waals surface area contributed by atoms with Crippen LogP contribution in [-0.2, 0) is 0 Å². The van der Waals surface area contributed by atoms with Crippen molar-refractivity contribution in [1.82, 2.24) is 0 Å². The number of rotatable bonds is 1. The highest BCUT2D eigenvalue weighted by Gasteiger charge is 2.02. The molecule has 0 aliphatic heterocycles. The molecule has 50 valence electrons. The average Bonchev–Trinajstić information content (AvgIpc) is 2.46. The van der Waals surface area contributed by atoms with Crippen LogP contribution in [0.3, 0.4) is 0 Å². The van der Waals surface area contributed by atoms with Crippen molar-refractivity contribution in [2.45, 2.75) is 19.6 Å². The minimum atomic E-state index is -3.00. The zero-order valence-electron chi connectivity index (χ0n) is 11.4. The topological polar surface area (TPSA) is 13.1 Å². The highest BCUT2D eigenvalue weighted by atomic mass is 79.9. The van der Waals surface area contributed by atoms with E-state index in [4.69, 9.17) is 14.0 Å². The van der Waals surface area contributed by atoms with Crippen molar-refractivity contribution in [3.63, 3.8) is 0 Å². The van der Waals surface area contributed by atoms with Gasteiger partial charge in [0.25, 0.3) is 0 Å². The summed E-state index contributed by atoms with van der Waals surface area (Å²) in [5, 5.41) is 0. The number of hydrogen-bond acceptors (Lipinski definition) is 1. The summed E-state index contributed by atoms with van der Waals surface area (Å²) in [7, 11) is 0. The van der Waals surface area contributed by atoms with Crippen molar-refractivity contribution in [3.05, 3.63) is 22.6 Å². The zero-order valence-corrected chi connectivity index (χ0v) is 6.03. The molecule has 2 heteroatoms. The summed E-state index contributed by atoms with van der Waals surface area (Å²) in [6.45, 7) is -6.01. The Morgan fingerprint density at radius 2 is 2.56 bits per heavy atom. The molecule has 0 aliphatic carbocycles. The second-order valence-electron chi connectivity index (χ2n) is 1.48. The summed E-state index contributed by atoms with van der Waals surface area (Å²) >= 11 is 2.94. The van der Waals surface area contributed by atoms with Gasteiger partial charge in [0.15, 0.2) is 4.67 Å². The molecule has 0 amide bonds. The molecule has 0 aliphatic rings. The van der Waals surface area contributed by atoms with Crippen LogP contribution < -0.4 is 0 Å². The van der Waals surface area contributed by atoms with Crippen LogP contribution >= 0.6 is 15.9 Å². The Hall–Kier alpha value is -0.240. The summed E-state index contributed by atoms with van der Waals surface area (Å²) in [4.78, 5) is 0. The van der Waals surface area contributed by atoms with Gasteiger partial charge in [-0.05, 0) is 28.1 Å². The van der Waals surface area contributed by atoms with E-state index in [-0.39, 0.29) is 4.67 Å². The van der Waals surface area contributed by atoms with E-state index < -0.39 is 25.4 Å². The molecule has 9 heavy (non-hydrogen) atoms. The fourth-order valence-electron chi connectivity index (χ4n) is 0.449. The van der Waals surface area contributed by atoms with Crippen molar-refractivity contribution in [2.75, 3.05) is 0 Å². The van der Waals surface area contributed by atoms with Crippen molar-refractivity contribution in [1.29, 1.82) is 0 Å². The molecule has 0 unspecified atom stereocenters. The van der Waals surface area contributed by atoms with Crippen LogP contribution in [-0.4, -0.2) is 0 Å². The van der Waals surface area contributed by atoms with Gasteiger partial charge in [-0.3, -0.25) is 0 Å². The van der Waals surface area contributed by atoms with Crippen molar-refractivity contribution in [2.24, 2.45) is 0 Å². The Kier molecular flexibility index (Phi) is 0.605. The summed E-state index contributed by atoms with van der Waals surface area (Å²) in [5.74, 6) is -3.16. The first-order chi connectivity index (χ1) is 7.00. The molecule has 1 heterocycles. The van der Waals surface area contributed by atoms with E-state index in [1.165, 1.54) is 12.1 Å². The van der Waals surface area contributed by atoms with Gasteiger partial charge in [-0.2, -0.15) is 0 Å². The quantitative estimate of drug-likeness (QED) is 0.672. The van der Waals surface area contributed by atoms with E-state index in [0.29, 0.717) is 0 Å². The van der Waals surface area contributed by atoms with Gasteiger partial charge in [0.1, 0.15) is 5.76 Å². The molecule has 0 fully saturated rings. The number of halogens is 1. The molecule has 0 saturated carbocycles. The van der Waals surface area contributed by atoms with Gasteiger partial charge in [-0.15, -0.1) is 0 Å². The van der Waals surface area contributed by atoms with E-state index in [0.717, 1.165) is 0 Å². The first-order valence-electron chi connectivity index (χ1n) is 5.76. The standard InChI is InChI=1S/C7H9BrO/c1-5(2)6-3-4-7(8)9-6/h3-5H,1-2H3/i1D3,2D3,5D. The fourth-order valence-corrected chi connectivity index (χ4v) is 0.755. The van der Waals surface area contributed by atoms with Gasteiger partial charge < -0.3 is 4.42 Å². The van der Waals surface area contributed by atoms with Gasteiger partial charge in [-0.25, -0.2) is 0 Å². The molecule has 1 aromatic heterocycles. The Morgan fingerprint density at radius 3 is 3.00 bits per heavy atom. The first-order valence-corrected chi connectivity index (χ1v) is 3.05. The highest BCUT2D eigenvalue weighted by molar-refractivity contribution is 9.10. The smallest absolute Gasteiger partial charge is 0.169 e. The molecule has 0 bridgehead atoms. The maximum absolute atomic E-state index is 7.74. The molecule has 0 atom stereocenters. The maximum Gasteiger partial charge on any atom is 0.169 e. The molecule has 0 radical (unpaired) electrons. The highest BCUT2D eigenvalue weighted by Crippen LogP contribution is 2.20. The first kappa shape index (κ1) is 2.12. The monoisotopic (exact) mass is 195 g/mol. The molecular weight excluding hydrogens is 180 g/mol. The van der Waals surface area contributed by atoms with Crippen LogP contribution in [0.1, 0.15) is 35.0 Å². The molecule has 0 N–H and O–H groups in total. The summed E-state index contributed by atoms with van der Waals surface area (Å²) in [6.07, 6.45) is 0. The number of hydrogen-bond donors (Lipinski definition) is 0. The second kappa shape index (κ2) is 2.56. The number of furan rings is 1. The van der Waals surface area contributed by atoms with E-state index in [1.54, 1.807) is 0 Å². The van der Waals surface area contributed by atoms with E-state index in [2.05, 4.69) is 15.9 Å². The molecule has 0 spiro atoms. The maximum atomic E-state index is 7.74. The predicted octanol–water partition coefficient (Wildman–Crippen LogP) is 3.17. The lowest BCUT2D eigenvalue weighted by molar-refractivity contribution is 0.467. The zero-order chi connectivity index (χ0) is 12.8. The molecular formula is C7H9BrO. The normalized spacial score (nSPS) is 26.1. The summed E-state index contributed by atoms with van der Waals surface area (Å²) in [6, 6.07) is 2.53. The van der Waals surface area contributed by atoms with Crippen LogP contribution in [0, 0.1) is 0 Å². The molecule has 1 nitrogen and oxygen atoms in total. The third-order valence-electron chi connectivity index (χ3n) is 0.820. The lowest BCUT2D eigenvalue weighted by Crippen LogP contribution is -1.79. The van der Waals surface area contributed by atoms with Crippen LogP contribution in [0.5, 0.6) is 0 Å². The third kappa shape index (κ3) is 1.58. The van der Waals surface area contributed by atoms with Crippen LogP contribution in [0.4, 0.5) is 0 Å². The Morgan fingerprint density at radius 1 is 1.78 bits per heavy atom. The van der Waals surface area contributed by atoms with Gasteiger partial charge in [0.05, 0.1) is 0 Å². The van der Waals surface area contributed by atoms with E-state index in [9.17, 15) is 0 Å². The molecule has 1 rings (SSSR count). The van der Waals surface area contributed by atoms with Gasteiger partial charge >= 0.3 is 0 Å². The molecule has 1 aromatic rings. The fraction of sp³-hybridized carbons (Fsp3) is 0.429. The van der Waals surface area contributed by atoms with E-state index in [1.807, 2.05) is 0 Å². The summed E-state index contributed by atoms with van der Waals surface area (Å²) in [5.41, 5.74) is 0. The third-order valence-corrected chi connectivity index (χ3v) is 1.25. The minimum absolute atomic E-state index is 0.188. The SMILES string of the molecule is [2H]C([2H])([2H])C([2H])(c1ccc(Br)o1)C([2H])([2H])[2H]. The van der Waals surface area contributed by atoms with Crippen molar-refractivity contribution < 1.29 is 14.0 Å². The Bertz CT molecular complexity index is 363. The Labute approximate surface area is 73.0 Å². The molecule has 0 aromatic carbocycles. The van der Waals surface area contributed by atoms with Crippen LogP contribution in [0.15, 0.2) is 21.2 Å². The van der Waals surface area contributed by atoms with Gasteiger partial charge in [0.2, 0.25) is 0 Å². The van der Waals surface area contributed by atoms with Crippen molar-refractivity contribution >= 4 is 15.9 Å². The lowest BCUT2D eigenvalue weighted by Gasteiger charge is -1.95. The van der Waals surface area contributed by atoms with E-state index >= 15 is 0 Å². The van der Waals surface area contributed by atoms with Crippen LogP contribution in [0.2, 0.25) is 0 Å². The summed E-state index contributed by atoms with van der Waals surface area (Å²) < 4.78 is 56.0. The Balaban J connectivity index is 3.38. The predicted molar refractivity (Wildman–Crippen MR) is 40.5 cm³/mol. The van der Waals surface area contributed by atoms with Gasteiger partial charge in [-0.1, -0.05) is 13.7 Å². The minimum Gasteiger partial charge on any atom is -0.454 e. The molecule has 0 saturated heterocycles. The lowest BCUT2D eigenvalue weighted by atomic mass is 10.2. The average molecular weight is 196 g/mol. The van der Waals surface area contributed by atoms with Crippen molar-refractivity contribution in [3.8, 4) is 0 Å². The van der Waals surface area contributed by atoms with Crippen LogP contribution in [0.25, 0.3) is 0 Å².